The Morgan fingerprint density at radius 1 is 0.743 bits per heavy atom. The van der Waals surface area contributed by atoms with E-state index in [2.05, 4.69) is 25.0 Å². The molecule has 0 aliphatic heterocycles. The zero-order chi connectivity index (χ0) is 25.5. The van der Waals surface area contributed by atoms with Gasteiger partial charge in [-0.2, -0.15) is 25.0 Å². The maximum atomic E-state index is 11.7. The van der Waals surface area contributed by atoms with E-state index in [1.165, 1.54) is 54.7 Å². The summed E-state index contributed by atoms with van der Waals surface area (Å²) in [5.41, 5.74) is -2.74. The van der Waals surface area contributed by atoms with Crippen molar-refractivity contribution in [3.63, 3.8) is 0 Å². The number of nitrogens with zero attached hydrogens (tertiary/aromatic N) is 5. The van der Waals surface area contributed by atoms with Crippen molar-refractivity contribution < 1.29 is 24.0 Å². The second-order valence-electron chi connectivity index (χ2n) is 6.67. The molecule has 2 aromatic carbocycles. The molecule has 0 fully saturated rings. The fourth-order valence-electron chi connectivity index (χ4n) is 3.68. The monoisotopic (exact) mass is 505 g/mol. The fraction of sp³-hybridized carbons (Fsp3) is 0.0870. The molecule has 0 saturated heterocycles. The molecule has 0 saturated carbocycles. The first-order valence-corrected chi connectivity index (χ1v) is 10.1. The molecule has 12 heteroatoms. The lowest BCUT2D eigenvalue weighted by atomic mass is 9.72. The summed E-state index contributed by atoms with van der Waals surface area (Å²) in [6.45, 7) is 0. The van der Waals surface area contributed by atoms with Crippen molar-refractivity contribution in [1.29, 1.82) is 0 Å². The van der Waals surface area contributed by atoms with Gasteiger partial charge in [0.15, 0.2) is 4.87 Å². The highest BCUT2D eigenvalue weighted by Gasteiger charge is 2.61. The maximum Gasteiger partial charge on any atom is 0.240 e. The van der Waals surface area contributed by atoms with Crippen molar-refractivity contribution in [1.82, 2.24) is 0 Å². The molecule has 170 valence electrons. The average molecular weight is 506 g/mol. The van der Waals surface area contributed by atoms with Crippen molar-refractivity contribution in [3.05, 3.63) is 82.2 Å². The number of hydrogen-bond donors (Lipinski definition) is 0. The summed E-state index contributed by atoms with van der Waals surface area (Å²) < 4.78 is 0. The van der Waals surface area contributed by atoms with Crippen LogP contribution in [0.25, 0.3) is 5.57 Å². The largest absolute Gasteiger partial charge is 0.240 e. The van der Waals surface area contributed by atoms with Gasteiger partial charge in [-0.3, -0.25) is 0 Å². The quantitative estimate of drug-likeness (QED) is 0.315. The van der Waals surface area contributed by atoms with Crippen molar-refractivity contribution in [2.45, 2.75) is 10.5 Å². The fourth-order valence-corrected chi connectivity index (χ4v) is 4.35. The van der Waals surface area contributed by atoms with E-state index in [4.69, 9.17) is 23.2 Å². The molecule has 10 nitrogen and oxygen atoms in total. The van der Waals surface area contributed by atoms with Crippen LogP contribution < -0.4 is 0 Å². The molecular weight excluding hydrogens is 497 g/mol. The molecule has 0 radical (unpaired) electrons. The van der Waals surface area contributed by atoms with E-state index < -0.39 is 16.2 Å². The summed E-state index contributed by atoms with van der Waals surface area (Å²) in [6.07, 6.45) is 7.89. The molecule has 0 bridgehead atoms. The lowest BCUT2D eigenvalue weighted by molar-refractivity contribution is 0.431. The Hall–Kier alpha value is -4.60. The van der Waals surface area contributed by atoms with Gasteiger partial charge < -0.3 is 0 Å². The van der Waals surface area contributed by atoms with Crippen LogP contribution in [0.1, 0.15) is 11.1 Å². The molecule has 0 heterocycles. The van der Waals surface area contributed by atoms with Crippen LogP contribution in [0.5, 0.6) is 0 Å². The van der Waals surface area contributed by atoms with Gasteiger partial charge in [-0.1, -0.05) is 48.0 Å². The molecule has 3 rings (SSSR count). The molecule has 0 spiro atoms. The van der Waals surface area contributed by atoms with Crippen LogP contribution in [0.3, 0.4) is 0 Å². The minimum atomic E-state index is -2.37. The van der Waals surface area contributed by atoms with Crippen molar-refractivity contribution in [3.8, 4) is 0 Å². The second-order valence-corrected chi connectivity index (χ2v) is 7.64. The third kappa shape index (κ3) is 4.21. The smallest absolute Gasteiger partial charge is 0.211 e. The second kappa shape index (κ2) is 10.6. The number of alkyl halides is 1. The van der Waals surface area contributed by atoms with E-state index in [0.29, 0.717) is 5.56 Å². The Bertz CT molecular complexity index is 1490. The summed E-state index contributed by atoms with van der Waals surface area (Å²) in [5.74, 6) is 0. The van der Waals surface area contributed by atoms with Gasteiger partial charge in [0.1, 0.15) is 11.4 Å². The van der Waals surface area contributed by atoms with Crippen LogP contribution >= 0.6 is 23.2 Å². The highest BCUT2D eigenvalue weighted by molar-refractivity contribution is 6.33. The first kappa shape index (κ1) is 25.0. The number of carbonyl (C=O) groups excluding carboxylic acids is 5. The van der Waals surface area contributed by atoms with Gasteiger partial charge in [0.2, 0.25) is 36.1 Å². The molecular formula is C23H9Cl2N5O5. The van der Waals surface area contributed by atoms with E-state index in [0.717, 1.165) is 0 Å². The number of benzene rings is 2. The predicted octanol–water partition coefficient (Wildman–Crippen LogP) is 4.09. The molecule has 0 aromatic heterocycles. The van der Waals surface area contributed by atoms with E-state index >= 15 is 0 Å². The molecule has 2 aromatic rings. The van der Waals surface area contributed by atoms with Crippen molar-refractivity contribution >= 4 is 64.9 Å². The van der Waals surface area contributed by atoms with E-state index in [9.17, 15) is 24.0 Å². The van der Waals surface area contributed by atoms with Crippen molar-refractivity contribution in [2.24, 2.45) is 25.0 Å². The first-order chi connectivity index (χ1) is 16.9. The highest BCUT2D eigenvalue weighted by Crippen LogP contribution is 2.58. The Balaban J connectivity index is 2.62. The predicted molar refractivity (Wildman–Crippen MR) is 123 cm³/mol. The standard InChI is InChI=1S/C23H9Cl2N5O5/c24-18-8-16(6-7-19(18)26-10-31)22(25)21(28-12-33)20(27-11-32)9-17(15-4-2-1-3-5-15)23(22,29-13-34)30-14-35/h1-9H. The Labute approximate surface area is 206 Å². The zero-order valence-corrected chi connectivity index (χ0v) is 18.7. The van der Waals surface area contributed by atoms with Gasteiger partial charge in [-0.25, -0.2) is 24.0 Å². The van der Waals surface area contributed by atoms with Crippen LogP contribution in [0.15, 0.2) is 91.0 Å². The molecule has 1 atom stereocenters. The molecule has 0 amide bonds. The molecule has 1 unspecified atom stereocenters. The summed E-state index contributed by atoms with van der Waals surface area (Å²) in [5, 5.41) is -0.101. The minimum Gasteiger partial charge on any atom is -0.211 e. The lowest BCUT2D eigenvalue weighted by Crippen LogP contribution is -2.49. The van der Waals surface area contributed by atoms with Crippen LogP contribution in [0, 0.1) is 0 Å². The number of halogens is 2. The third-order valence-electron chi connectivity index (χ3n) is 5.04. The van der Waals surface area contributed by atoms with Gasteiger partial charge >= 0.3 is 0 Å². The summed E-state index contributed by atoms with van der Waals surface area (Å²) >= 11 is 13.4. The number of isocyanates is 5. The van der Waals surface area contributed by atoms with Crippen LogP contribution in [0.4, 0.5) is 5.69 Å². The van der Waals surface area contributed by atoms with Crippen molar-refractivity contribution in [2.75, 3.05) is 0 Å². The van der Waals surface area contributed by atoms with Gasteiger partial charge in [-0.05, 0) is 29.3 Å². The zero-order valence-electron chi connectivity index (χ0n) is 17.2. The van der Waals surface area contributed by atoms with E-state index in [-0.39, 0.29) is 27.5 Å². The normalized spacial score (nSPS) is 20.6. The van der Waals surface area contributed by atoms with Crippen LogP contribution in [-0.2, 0) is 28.8 Å². The molecule has 35 heavy (non-hydrogen) atoms. The number of hydrogen-bond acceptors (Lipinski definition) is 10. The SMILES string of the molecule is O=C=NC1=C(N=C=O)C(Cl)(c2ccc(N=C=O)c(Cl)c2)C(N=C=O)(N=C=O)C(c2ccccc2)=C1. The summed E-state index contributed by atoms with van der Waals surface area (Å²) in [6, 6.07) is 12.0. The van der Waals surface area contributed by atoms with Crippen LogP contribution in [0.2, 0.25) is 5.02 Å². The maximum absolute atomic E-state index is 11.7. The average Bonchev–Trinajstić information content (AvgIpc) is 2.86. The van der Waals surface area contributed by atoms with E-state index in [1.807, 2.05) is 0 Å². The highest BCUT2D eigenvalue weighted by atomic mass is 35.5. The molecule has 1 aliphatic rings. The van der Waals surface area contributed by atoms with Crippen LogP contribution in [-0.4, -0.2) is 36.1 Å². The molecule has 0 N–H and O–H groups in total. The number of aliphatic imine (C=N–C) groups is 5. The Morgan fingerprint density at radius 3 is 1.91 bits per heavy atom. The Morgan fingerprint density at radius 2 is 1.37 bits per heavy atom. The lowest BCUT2D eigenvalue weighted by Gasteiger charge is -2.43. The first-order valence-electron chi connectivity index (χ1n) is 9.36. The number of rotatable bonds is 7. The van der Waals surface area contributed by atoms with Gasteiger partial charge in [0.25, 0.3) is 0 Å². The third-order valence-corrected chi connectivity index (χ3v) is 6.00. The number of allylic oxidation sites excluding steroid dienone is 1. The van der Waals surface area contributed by atoms with Gasteiger partial charge in [-0.15, -0.1) is 11.6 Å². The topological polar surface area (TPSA) is 147 Å². The van der Waals surface area contributed by atoms with Gasteiger partial charge in [0, 0.05) is 5.57 Å². The molecule has 1 aliphatic carbocycles. The summed E-state index contributed by atoms with van der Waals surface area (Å²) in [4.78, 5) is 72.5. The van der Waals surface area contributed by atoms with Gasteiger partial charge in [0.05, 0.1) is 10.7 Å². The summed E-state index contributed by atoms with van der Waals surface area (Å²) in [7, 11) is 0. The van der Waals surface area contributed by atoms with E-state index in [1.54, 1.807) is 30.3 Å². The minimum absolute atomic E-state index is 0.00441. The Kier molecular flexibility index (Phi) is 7.55.